The molecule has 0 atom stereocenters. The maximum absolute atomic E-state index is 14.2. The fraction of sp³-hybridized carbons (Fsp3) is 0.143. The Kier molecular flexibility index (Phi) is 6.30. The van der Waals surface area contributed by atoms with Crippen molar-refractivity contribution in [3.63, 3.8) is 0 Å². The summed E-state index contributed by atoms with van der Waals surface area (Å²) in [4.78, 5) is 15.7. The zero-order valence-electron chi connectivity index (χ0n) is 19.2. The molecular formula is C28H21BrF3N2O2+. The van der Waals surface area contributed by atoms with Crippen LogP contribution in [0.4, 0.5) is 13.2 Å². The summed E-state index contributed by atoms with van der Waals surface area (Å²) >= 11 is 3.41. The number of hydrogen-bond acceptors (Lipinski definition) is 2. The minimum Gasteiger partial charge on any atom is -0.455 e. The zero-order valence-corrected chi connectivity index (χ0v) is 20.8. The van der Waals surface area contributed by atoms with E-state index in [1.807, 2.05) is 84.4 Å². The van der Waals surface area contributed by atoms with E-state index in [4.69, 9.17) is 4.42 Å². The zero-order chi connectivity index (χ0) is 25.4. The molecule has 0 bridgehead atoms. The molecule has 36 heavy (non-hydrogen) atoms. The molecule has 1 amide bonds. The average Bonchev–Trinajstić information content (AvgIpc) is 3.34. The van der Waals surface area contributed by atoms with Gasteiger partial charge in [0.25, 0.3) is 5.91 Å². The Bertz CT molecular complexity index is 1520. The highest BCUT2D eigenvalue weighted by Crippen LogP contribution is 2.32. The molecule has 0 fully saturated rings. The molecule has 0 saturated heterocycles. The van der Waals surface area contributed by atoms with Gasteiger partial charge in [-0.25, -0.2) is 0 Å². The normalized spacial score (nSPS) is 11.8. The first-order chi connectivity index (χ1) is 17.2. The lowest BCUT2D eigenvalue weighted by atomic mass is 10.0. The van der Waals surface area contributed by atoms with Crippen LogP contribution in [0.15, 0.2) is 93.8 Å². The van der Waals surface area contributed by atoms with Gasteiger partial charge in [-0.1, -0.05) is 52.3 Å². The first-order valence-corrected chi connectivity index (χ1v) is 12.0. The number of para-hydroxylation sites is 2. The number of carbonyl (C=O) groups excluding carboxylic acids is 1. The van der Waals surface area contributed by atoms with E-state index in [1.54, 1.807) is 0 Å². The number of pyridine rings is 1. The third-order valence-corrected chi connectivity index (χ3v) is 6.67. The van der Waals surface area contributed by atoms with Gasteiger partial charge >= 0.3 is 6.18 Å². The molecule has 8 heteroatoms. The number of aromatic nitrogens is 1. The molecule has 3 aromatic carbocycles. The van der Waals surface area contributed by atoms with Crippen molar-refractivity contribution in [3.05, 3.63) is 112 Å². The Morgan fingerprint density at radius 2 is 1.44 bits per heavy atom. The predicted molar refractivity (Wildman–Crippen MR) is 134 cm³/mol. The van der Waals surface area contributed by atoms with E-state index >= 15 is 0 Å². The van der Waals surface area contributed by atoms with Gasteiger partial charge in [0.2, 0.25) is 16.8 Å². The number of rotatable bonds is 5. The number of fused-ring (bicyclic) bond motifs is 2. The van der Waals surface area contributed by atoms with Crippen LogP contribution in [0.1, 0.15) is 27.4 Å². The molecule has 0 radical (unpaired) electrons. The summed E-state index contributed by atoms with van der Waals surface area (Å²) in [5, 5.41) is 1.53. The second-order valence-corrected chi connectivity index (χ2v) is 9.44. The number of halogens is 4. The van der Waals surface area contributed by atoms with Gasteiger partial charge in [-0.3, -0.25) is 4.79 Å². The van der Waals surface area contributed by atoms with E-state index in [1.165, 1.54) is 11.0 Å². The topological polar surface area (TPSA) is 37.3 Å². The first kappa shape index (κ1) is 24.1. The summed E-state index contributed by atoms with van der Waals surface area (Å²) in [7, 11) is 1.94. The summed E-state index contributed by atoms with van der Waals surface area (Å²) in [6.45, 7) is 0.0759. The summed E-state index contributed by atoms with van der Waals surface area (Å²) < 4.78 is 47.5. The van der Waals surface area contributed by atoms with E-state index in [2.05, 4.69) is 15.9 Å². The number of alkyl halides is 3. The minimum absolute atomic E-state index is 0.0582. The van der Waals surface area contributed by atoms with Crippen molar-refractivity contribution in [2.24, 2.45) is 7.05 Å². The molecule has 0 unspecified atom stereocenters. The van der Waals surface area contributed by atoms with Crippen molar-refractivity contribution in [3.8, 4) is 0 Å². The summed E-state index contributed by atoms with van der Waals surface area (Å²) in [6.07, 6.45) is -4.60. The number of hydrogen-bond donors (Lipinski definition) is 0. The lowest BCUT2D eigenvalue weighted by molar-refractivity contribution is -0.617. The lowest BCUT2D eigenvalue weighted by Crippen LogP contribution is -2.34. The number of nitrogens with zero attached hydrogens (tertiary/aromatic N) is 2. The van der Waals surface area contributed by atoms with Gasteiger partial charge < -0.3 is 9.32 Å². The Morgan fingerprint density at radius 1 is 0.861 bits per heavy atom. The van der Waals surface area contributed by atoms with E-state index in [0.29, 0.717) is 5.56 Å². The largest absolute Gasteiger partial charge is 0.455 e. The Hall–Kier alpha value is -3.65. The average molecular weight is 554 g/mol. The fourth-order valence-corrected chi connectivity index (χ4v) is 4.70. The van der Waals surface area contributed by atoms with E-state index < -0.39 is 11.9 Å². The molecule has 2 aromatic heterocycles. The summed E-state index contributed by atoms with van der Waals surface area (Å²) in [5.74, 6) is -1.32. The molecule has 0 aliphatic rings. The summed E-state index contributed by atoms with van der Waals surface area (Å²) in [6, 6.07) is 24.9. The summed E-state index contributed by atoms with van der Waals surface area (Å²) in [5.41, 5.74) is 3.09. The maximum Gasteiger partial charge on any atom is 0.449 e. The van der Waals surface area contributed by atoms with Gasteiger partial charge in [0, 0.05) is 23.2 Å². The van der Waals surface area contributed by atoms with Crippen molar-refractivity contribution in [1.29, 1.82) is 0 Å². The molecule has 4 nitrogen and oxygen atoms in total. The second kappa shape index (κ2) is 9.43. The van der Waals surface area contributed by atoms with Crippen LogP contribution in [0.25, 0.3) is 21.8 Å². The predicted octanol–water partition coefficient (Wildman–Crippen LogP) is 7.03. The van der Waals surface area contributed by atoms with Crippen LogP contribution < -0.4 is 4.57 Å². The molecule has 0 N–H and O–H groups in total. The fourth-order valence-electron chi connectivity index (χ4n) is 4.43. The van der Waals surface area contributed by atoms with Crippen molar-refractivity contribution >= 4 is 43.6 Å². The first-order valence-electron chi connectivity index (χ1n) is 11.2. The number of aryl methyl sites for hydroxylation is 1. The van der Waals surface area contributed by atoms with Crippen molar-refractivity contribution in [1.82, 2.24) is 4.90 Å². The van der Waals surface area contributed by atoms with E-state index in [0.717, 1.165) is 37.9 Å². The number of benzene rings is 3. The van der Waals surface area contributed by atoms with Gasteiger partial charge in [0.1, 0.15) is 12.8 Å². The molecule has 0 aliphatic heterocycles. The van der Waals surface area contributed by atoms with E-state index in [9.17, 15) is 18.0 Å². The van der Waals surface area contributed by atoms with Crippen LogP contribution in [0.2, 0.25) is 0 Å². The van der Waals surface area contributed by atoms with Crippen LogP contribution in [-0.2, 0) is 26.3 Å². The van der Waals surface area contributed by atoms with Crippen LogP contribution in [0, 0.1) is 0 Å². The van der Waals surface area contributed by atoms with Crippen LogP contribution in [0.3, 0.4) is 0 Å². The highest BCUT2D eigenvalue weighted by molar-refractivity contribution is 9.10. The smallest absolute Gasteiger partial charge is 0.449 e. The monoisotopic (exact) mass is 553 g/mol. The molecule has 5 aromatic rings. The van der Waals surface area contributed by atoms with Gasteiger partial charge in [-0.05, 0) is 42.0 Å². The van der Waals surface area contributed by atoms with Crippen molar-refractivity contribution < 1.29 is 27.0 Å². The number of furan rings is 1. The molecular weight excluding hydrogens is 533 g/mol. The standard InChI is InChI=1S/C28H21BrF3N2O2/c1-33-23-8-4-2-6-21(23)26(22-7-3-5-9-24(22)33)27(35)34(16-18-10-12-19(29)13-11-18)17-20-14-15-25(36-20)28(30,31)32/h2-15H,16-17H2,1H3/q+1. The highest BCUT2D eigenvalue weighted by atomic mass is 79.9. The lowest BCUT2D eigenvalue weighted by Gasteiger charge is -2.23. The Balaban J connectivity index is 1.64. The molecule has 0 saturated carbocycles. The minimum atomic E-state index is -4.60. The third kappa shape index (κ3) is 4.60. The SMILES string of the molecule is C[n+]1c2ccccc2c(C(=O)N(Cc2ccc(Br)cc2)Cc2ccc(C(F)(F)F)o2)c2ccccc21. The van der Waals surface area contributed by atoms with E-state index in [-0.39, 0.29) is 24.8 Å². The molecule has 0 spiro atoms. The molecule has 5 rings (SSSR count). The van der Waals surface area contributed by atoms with Crippen LogP contribution in [0.5, 0.6) is 0 Å². The van der Waals surface area contributed by atoms with Crippen molar-refractivity contribution in [2.75, 3.05) is 0 Å². The quantitative estimate of drug-likeness (QED) is 0.173. The van der Waals surface area contributed by atoms with Crippen LogP contribution in [-0.4, -0.2) is 10.8 Å². The maximum atomic E-state index is 14.2. The Labute approximate surface area is 213 Å². The number of carbonyl (C=O) groups is 1. The number of amides is 1. The van der Waals surface area contributed by atoms with Crippen LogP contribution >= 0.6 is 15.9 Å². The molecule has 2 heterocycles. The van der Waals surface area contributed by atoms with Gasteiger partial charge in [-0.2, -0.15) is 17.7 Å². The van der Waals surface area contributed by atoms with Gasteiger partial charge in [0.05, 0.1) is 22.9 Å². The van der Waals surface area contributed by atoms with Gasteiger partial charge in [0.15, 0.2) is 0 Å². The highest BCUT2D eigenvalue weighted by Gasteiger charge is 2.35. The third-order valence-electron chi connectivity index (χ3n) is 6.14. The molecule has 182 valence electrons. The second-order valence-electron chi connectivity index (χ2n) is 8.52. The van der Waals surface area contributed by atoms with Crippen molar-refractivity contribution in [2.45, 2.75) is 19.3 Å². The molecule has 0 aliphatic carbocycles. The Morgan fingerprint density at radius 3 is 2.00 bits per heavy atom. The van der Waals surface area contributed by atoms with Gasteiger partial charge in [-0.15, -0.1) is 0 Å².